The highest BCUT2D eigenvalue weighted by molar-refractivity contribution is 6.04. The molecule has 0 spiro atoms. The van der Waals surface area contributed by atoms with Crippen molar-refractivity contribution in [2.75, 3.05) is 26.2 Å². The summed E-state index contributed by atoms with van der Waals surface area (Å²) in [6.45, 7) is 3.73. The van der Waals surface area contributed by atoms with E-state index in [9.17, 15) is 14.4 Å². The van der Waals surface area contributed by atoms with Gasteiger partial charge in [0.05, 0.1) is 6.54 Å². The summed E-state index contributed by atoms with van der Waals surface area (Å²) in [7, 11) is 1.97. The highest BCUT2D eigenvalue weighted by Crippen LogP contribution is 2.10. The van der Waals surface area contributed by atoms with Crippen LogP contribution in [0, 0.1) is 0 Å². The lowest BCUT2D eigenvalue weighted by molar-refractivity contribution is -0.133. The Morgan fingerprint density at radius 1 is 1.29 bits per heavy atom. The first kappa shape index (κ1) is 16.4. The number of imide groups is 1. The van der Waals surface area contributed by atoms with Gasteiger partial charge in [-0.05, 0) is 6.42 Å². The van der Waals surface area contributed by atoms with Crippen molar-refractivity contribution in [3.8, 4) is 0 Å². The van der Waals surface area contributed by atoms with Crippen LogP contribution in [0.5, 0.6) is 0 Å². The Bertz CT molecular complexity index is 635. The van der Waals surface area contributed by atoms with Crippen LogP contribution in [0.2, 0.25) is 0 Å². The van der Waals surface area contributed by atoms with E-state index in [1.807, 2.05) is 22.7 Å². The number of nitrogens with zero attached hydrogens (tertiary/aromatic N) is 4. The van der Waals surface area contributed by atoms with Crippen molar-refractivity contribution in [1.29, 1.82) is 0 Å². The number of piperazine rings is 1. The van der Waals surface area contributed by atoms with Gasteiger partial charge in [-0.2, -0.15) is 0 Å². The molecule has 3 heterocycles. The standard InChI is InChI=1S/C15H22N6O3/c1-19-5-4-16-12(19)10-20-6-8-21(9-7-20)13(22)3-2-11-14(23)18-15(24)17-11/h4-5,11H,2-3,6-10H2,1H3,(H2,17,18,23,24). The first-order chi connectivity index (χ1) is 11.5. The van der Waals surface area contributed by atoms with E-state index >= 15 is 0 Å². The molecule has 1 aromatic rings. The largest absolute Gasteiger partial charge is 0.340 e. The first-order valence-corrected chi connectivity index (χ1v) is 8.10. The van der Waals surface area contributed by atoms with Crippen LogP contribution in [-0.2, 0) is 23.2 Å². The summed E-state index contributed by atoms with van der Waals surface area (Å²) in [4.78, 5) is 43.2. The van der Waals surface area contributed by atoms with Gasteiger partial charge in [-0.3, -0.25) is 19.8 Å². The summed E-state index contributed by atoms with van der Waals surface area (Å²) in [6.07, 6.45) is 4.31. The van der Waals surface area contributed by atoms with E-state index in [0.717, 1.165) is 25.5 Å². The second-order valence-corrected chi connectivity index (χ2v) is 6.17. The van der Waals surface area contributed by atoms with Crippen LogP contribution >= 0.6 is 0 Å². The fraction of sp³-hybridized carbons (Fsp3) is 0.600. The molecule has 3 rings (SSSR count). The van der Waals surface area contributed by atoms with E-state index in [0.29, 0.717) is 19.5 Å². The number of carbonyl (C=O) groups excluding carboxylic acids is 3. The molecule has 4 amide bonds. The number of imidazole rings is 1. The second kappa shape index (κ2) is 7.00. The monoisotopic (exact) mass is 334 g/mol. The van der Waals surface area contributed by atoms with Gasteiger partial charge in [-0.25, -0.2) is 9.78 Å². The SMILES string of the molecule is Cn1ccnc1CN1CCN(C(=O)CCC2NC(=O)NC2=O)CC1. The molecule has 0 bridgehead atoms. The van der Waals surface area contributed by atoms with Crippen molar-refractivity contribution in [3.05, 3.63) is 18.2 Å². The Balaban J connectivity index is 1.41. The minimum Gasteiger partial charge on any atom is -0.340 e. The van der Waals surface area contributed by atoms with Crippen molar-refractivity contribution in [1.82, 2.24) is 30.0 Å². The van der Waals surface area contributed by atoms with Crippen molar-refractivity contribution >= 4 is 17.8 Å². The molecule has 1 atom stereocenters. The van der Waals surface area contributed by atoms with Gasteiger partial charge in [0.25, 0.3) is 5.91 Å². The van der Waals surface area contributed by atoms with Gasteiger partial charge in [-0.1, -0.05) is 0 Å². The molecular weight excluding hydrogens is 312 g/mol. The number of urea groups is 1. The van der Waals surface area contributed by atoms with Crippen LogP contribution in [0.4, 0.5) is 4.79 Å². The predicted molar refractivity (Wildman–Crippen MR) is 84.8 cm³/mol. The number of carbonyl (C=O) groups is 3. The van der Waals surface area contributed by atoms with Crippen LogP contribution in [0.15, 0.2) is 12.4 Å². The number of aryl methyl sites for hydroxylation is 1. The zero-order chi connectivity index (χ0) is 17.1. The quantitative estimate of drug-likeness (QED) is 0.677. The fourth-order valence-electron chi connectivity index (χ4n) is 2.99. The maximum absolute atomic E-state index is 12.3. The molecule has 1 unspecified atom stereocenters. The summed E-state index contributed by atoms with van der Waals surface area (Å²) in [6, 6.07) is -1.08. The van der Waals surface area contributed by atoms with Gasteiger partial charge in [0.1, 0.15) is 11.9 Å². The Labute approximate surface area is 140 Å². The maximum atomic E-state index is 12.3. The van der Waals surface area contributed by atoms with Gasteiger partial charge in [0.15, 0.2) is 0 Å². The second-order valence-electron chi connectivity index (χ2n) is 6.17. The Morgan fingerprint density at radius 3 is 2.62 bits per heavy atom. The molecule has 2 saturated heterocycles. The lowest BCUT2D eigenvalue weighted by atomic mass is 10.1. The van der Waals surface area contributed by atoms with E-state index in [4.69, 9.17) is 0 Å². The van der Waals surface area contributed by atoms with Crippen LogP contribution in [-0.4, -0.2) is 69.4 Å². The number of nitrogens with one attached hydrogen (secondary N) is 2. The molecule has 2 aliphatic rings. The van der Waals surface area contributed by atoms with E-state index in [1.54, 1.807) is 6.20 Å². The minimum absolute atomic E-state index is 0.0283. The summed E-state index contributed by atoms with van der Waals surface area (Å²) >= 11 is 0. The molecule has 2 aliphatic heterocycles. The summed E-state index contributed by atoms with van der Waals surface area (Å²) in [5.74, 6) is 0.686. The number of rotatable bonds is 5. The third-order valence-corrected chi connectivity index (χ3v) is 4.52. The zero-order valence-corrected chi connectivity index (χ0v) is 13.7. The van der Waals surface area contributed by atoms with Crippen LogP contribution in [0.1, 0.15) is 18.7 Å². The molecule has 130 valence electrons. The number of amides is 4. The number of aromatic nitrogens is 2. The minimum atomic E-state index is -0.592. The third-order valence-electron chi connectivity index (χ3n) is 4.52. The fourth-order valence-corrected chi connectivity index (χ4v) is 2.99. The van der Waals surface area contributed by atoms with Crippen molar-refractivity contribution in [2.24, 2.45) is 7.05 Å². The Hall–Kier alpha value is -2.42. The Morgan fingerprint density at radius 2 is 2.04 bits per heavy atom. The van der Waals surface area contributed by atoms with Crippen molar-refractivity contribution < 1.29 is 14.4 Å². The third kappa shape index (κ3) is 3.73. The van der Waals surface area contributed by atoms with E-state index in [-0.39, 0.29) is 18.2 Å². The molecule has 2 N–H and O–H groups in total. The highest BCUT2D eigenvalue weighted by atomic mass is 16.2. The van der Waals surface area contributed by atoms with Gasteiger partial charge in [0.2, 0.25) is 5.91 Å². The summed E-state index contributed by atoms with van der Waals surface area (Å²) in [5.41, 5.74) is 0. The number of hydrogen-bond acceptors (Lipinski definition) is 5. The van der Waals surface area contributed by atoms with Gasteiger partial charge in [0, 0.05) is 52.0 Å². The molecular formula is C15H22N6O3. The highest BCUT2D eigenvalue weighted by Gasteiger charge is 2.30. The molecule has 0 aliphatic carbocycles. The van der Waals surface area contributed by atoms with Crippen molar-refractivity contribution in [2.45, 2.75) is 25.4 Å². The van der Waals surface area contributed by atoms with E-state index in [2.05, 4.69) is 20.5 Å². The Kier molecular flexibility index (Phi) is 4.79. The molecule has 0 radical (unpaired) electrons. The molecule has 0 saturated carbocycles. The van der Waals surface area contributed by atoms with Crippen LogP contribution in [0.25, 0.3) is 0 Å². The topological polar surface area (TPSA) is 99.6 Å². The van der Waals surface area contributed by atoms with E-state index in [1.165, 1.54) is 0 Å². The summed E-state index contributed by atoms with van der Waals surface area (Å²) < 4.78 is 2.00. The molecule has 2 fully saturated rings. The average molecular weight is 334 g/mol. The lowest BCUT2D eigenvalue weighted by Gasteiger charge is -2.34. The zero-order valence-electron chi connectivity index (χ0n) is 13.7. The van der Waals surface area contributed by atoms with Crippen LogP contribution < -0.4 is 10.6 Å². The predicted octanol–water partition coefficient (Wildman–Crippen LogP) is -0.947. The molecule has 9 heteroatoms. The number of hydrogen-bond donors (Lipinski definition) is 2. The smallest absolute Gasteiger partial charge is 0.322 e. The molecule has 24 heavy (non-hydrogen) atoms. The van der Waals surface area contributed by atoms with Gasteiger partial charge in [-0.15, -0.1) is 0 Å². The van der Waals surface area contributed by atoms with Gasteiger partial charge < -0.3 is 14.8 Å². The molecule has 0 aromatic carbocycles. The molecule has 9 nitrogen and oxygen atoms in total. The normalized spacial score (nSPS) is 21.7. The van der Waals surface area contributed by atoms with Gasteiger partial charge >= 0.3 is 6.03 Å². The molecule has 1 aromatic heterocycles. The summed E-state index contributed by atoms with van der Waals surface area (Å²) in [5, 5.41) is 4.68. The van der Waals surface area contributed by atoms with E-state index < -0.39 is 12.1 Å². The maximum Gasteiger partial charge on any atom is 0.322 e. The first-order valence-electron chi connectivity index (χ1n) is 8.10. The average Bonchev–Trinajstić information content (AvgIpc) is 3.11. The van der Waals surface area contributed by atoms with Crippen LogP contribution in [0.3, 0.4) is 0 Å². The lowest BCUT2D eigenvalue weighted by Crippen LogP contribution is -2.48. The van der Waals surface area contributed by atoms with Crippen molar-refractivity contribution in [3.63, 3.8) is 0 Å².